The largest absolute Gasteiger partial charge is 0.497 e. The molecule has 2 aromatic rings. The number of rotatable bonds is 4. The van der Waals surface area contributed by atoms with Gasteiger partial charge in [0.2, 0.25) is 0 Å². The number of ether oxygens (including phenoxy) is 2. The van der Waals surface area contributed by atoms with E-state index in [9.17, 15) is 9.50 Å². The van der Waals surface area contributed by atoms with Crippen molar-refractivity contribution < 1.29 is 19.0 Å². The van der Waals surface area contributed by atoms with Gasteiger partial charge in [-0.15, -0.1) is 0 Å². The fourth-order valence-electron chi connectivity index (χ4n) is 1.83. The van der Waals surface area contributed by atoms with Gasteiger partial charge >= 0.3 is 0 Å². The zero-order valence-corrected chi connectivity index (χ0v) is 10.8. The van der Waals surface area contributed by atoms with Crippen LogP contribution in [0.4, 0.5) is 4.39 Å². The Morgan fingerprint density at radius 2 is 1.58 bits per heavy atom. The van der Waals surface area contributed by atoms with Gasteiger partial charge < -0.3 is 14.6 Å². The number of aliphatic hydroxyl groups is 1. The molecule has 0 spiro atoms. The molecule has 2 aromatic carbocycles. The van der Waals surface area contributed by atoms with Crippen molar-refractivity contribution in [3.8, 4) is 11.5 Å². The maximum Gasteiger partial charge on any atom is 0.165 e. The van der Waals surface area contributed by atoms with E-state index in [4.69, 9.17) is 9.47 Å². The Morgan fingerprint density at radius 3 is 2.11 bits per heavy atom. The summed E-state index contributed by atoms with van der Waals surface area (Å²) in [5.74, 6) is 0.370. The van der Waals surface area contributed by atoms with Crippen molar-refractivity contribution in [3.05, 3.63) is 59.4 Å². The van der Waals surface area contributed by atoms with Crippen LogP contribution in [0.2, 0.25) is 0 Å². The first-order valence-corrected chi connectivity index (χ1v) is 5.81. The summed E-state index contributed by atoms with van der Waals surface area (Å²) in [5.41, 5.74) is 1.15. The first-order chi connectivity index (χ1) is 9.15. The second kappa shape index (κ2) is 5.71. The minimum absolute atomic E-state index is 0.158. The summed E-state index contributed by atoms with van der Waals surface area (Å²) in [4.78, 5) is 0. The van der Waals surface area contributed by atoms with Crippen LogP contribution in [0.3, 0.4) is 0 Å². The highest BCUT2D eigenvalue weighted by Gasteiger charge is 2.13. The van der Waals surface area contributed by atoms with E-state index < -0.39 is 11.9 Å². The number of hydrogen-bond acceptors (Lipinski definition) is 3. The average Bonchev–Trinajstić information content (AvgIpc) is 2.46. The van der Waals surface area contributed by atoms with Crippen LogP contribution in [0.1, 0.15) is 17.2 Å². The van der Waals surface area contributed by atoms with Gasteiger partial charge in [0.15, 0.2) is 11.6 Å². The van der Waals surface area contributed by atoms with Crippen LogP contribution in [-0.2, 0) is 0 Å². The van der Waals surface area contributed by atoms with Gasteiger partial charge in [-0.2, -0.15) is 0 Å². The monoisotopic (exact) mass is 262 g/mol. The number of methoxy groups -OCH3 is 2. The van der Waals surface area contributed by atoms with E-state index in [1.54, 1.807) is 37.4 Å². The minimum Gasteiger partial charge on any atom is -0.497 e. The molecule has 0 aliphatic carbocycles. The first kappa shape index (κ1) is 13.4. The van der Waals surface area contributed by atoms with Crippen molar-refractivity contribution in [1.82, 2.24) is 0 Å². The van der Waals surface area contributed by atoms with E-state index >= 15 is 0 Å². The van der Waals surface area contributed by atoms with Crippen LogP contribution in [0, 0.1) is 5.82 Å². The Kier molecular flexibility index (Phi) is 4.02. The van der Waals surface area contributed by atoms with Crippen LogP contribution in [0.25, 0.3) is 0 Å². The molecule has 0 aliphatic heterocycles. The number of hydrogen-bond donors (Lipinski definition) is 1. The van der Waals surface area contributed by atoms with Gasteiger partial charge in [-0.05, 0) is 35.4 Å². The van der Waals surface area contributed by atoms with E-state index in [1.165, 1.54) is 19.2 Å². The number of benzene rings is 2. The summed E-state index contributed by atoms with van der Waals surface area (Å²) in [6.07, 6.45) is -0.883. The third kappa shape index (κ3) is 2.85. The lowest BCUT2D eigenvalue weighted by Gasteiger charge is -2.13. The molecule has 4 heteroatoms. The summed E-state index contributed by atoms with van der Waals surface area (Å²) in [6.45, 7) is 0. The Hall–Kier alpha value is -2.07. The summed E-state index contributed by atoms with van der Waals surface area (Å²) in [6, 6.07) is 11.4. The number of aliphatic hydroxyl groups excluding tert-OH is 1. The highest BCUT2D eigenvalue weighted by atomic mass is 19.1. The summed E-state index contributed by atoms with van der Waals surface area (Å²) in [7, 11) is 2.97. The standard InChI is InChI=1S/C15H15FO3/c1-18-12-6-3-10(4-7-12)15(17)11-5-8-14(19-2)13(16)9-11/h3-9,15,17H,1-2H3. The third-order valence-corrected chi connectivity index (χ3v) is 2.92. The van der Waals surface area contributed by atoms with Crippen molar-refractivity contribution in [1.29, 1.82) is 0 Å². The lowest BCUT2D eigenvalue weighted by molar-refractivity contribution is 0.219. The van der Waals surface area contributed by atoms with Crippen molar-refractivity contribution in [3.63, 3.8) is 0 Å². The molecule has 1 N–H and O–H groups in total. The molecule has 0 amide bonds. The fraction of sp³-hybridized carbons (Fsp3) is 0.200. The molecule has 100 valence electrons. The topological polar surface area (TPSA) is 38.7 Å². The van der Waals surface area contributed by atoms with Gasteiger partial charge in [-0.3, -0.25) is 0 Å². The number of halogens is 1. The summed E-state index contributed by atoms with van der Waals surface area (Å²) in [5, 5.41) is 10.2. The molecule has 0 aromatic heterocycles. The van der Waals surface area contributed by atoms with E-state index in [2.05, 4.69) is 0 Å². The van der Waals surface area contributed by atoms with Gasteiger partial charge in [-0.1, -0.05) is 18.2 Å². The molecule has 0 heterocycles. The normalized spacial score (nSPS) is 12.0. The highest BCUT2D eigenvalue weighted by molar-refractivity contribution is 5.37. The molecular formula is C15H15FO3. The zero-order valence-electron chi connectivity index (χ0n) is 10.8. The van der Waals surface area contributed by atoms with Gasteiger partial charge in [0.05, 0.1) is 14.2 Å². The molecule has 0 saturated heterocycles. The SMILES string of the molecule is COc1ccc(C(O)c2ccc(OC)c(F)c2)cc1. The van der Waals surface area contributed by atoms with Crippen LogP contribution in [-0.4, -0.2) is 19.3 Å². The molecule has 2 rings (SSSR count). The minimum atomic E-state index is -0.883. The lowest BCUT2D eigenvalue weighted by atomic mass is 10.0. The second-order valence-corrected chi connectivity index (χ2v) is 4.07. The Balaban J connectivity index is 2.27. The van der Waals surface area contributed by atoms with E-state index in [0.29, 0.717) is 16.9 Å². The Morgan fingerprint density at radius 1 is 0.947 bits per heavy atom. The Labute approximate surface area is 111 Å². The van der Waals surface area contributed by atoms with E-state index in [0.717, 1.165) is 0 Å². The molecule has 0 radical (unpaired) electrons. The molecule has 19 heavy (non-hydrogen) atoms. The summed E-state index contributed by atoms with van der Waals surface area (Å²) >= 11 is 0. The van der Waals surface area contributed by atoms with Crippen molar-refractivity contribution in [2.75, 3.05) is 14.2 Å². The van der Waals surface area contributed by atoms with Gasteiger partial charge in [0, 0.05) is 0 Å². The predicted octanol–water partition coefficient (Wildman–Crippen LogP) is 2.92. The molecule has 0 aliphatic rings. The van der Waals surface area contributed by atoms with Gasteiger partial charge in [0.1, 0.15) is 11.9 Å². The molecule has 0 saturated carbocycles. The average molecular weight is 262 g/mol. The van der Waals surface area contributed by atoms with Crippen LogP contribution in [0.15, 0.2) is 42.5 Å². The first-order valence-electron chi connectivity index (χ1n) is 5.81. The third-order valence-electron chi connectivity index (χ3n) is 2.92. The summed E-state index contributed by atoms with van der Waals surface area (Å²) < 4.78 is 23.5. The van der Waals surface area contributed by atoms with Crippen molar-refractivity contribution in [2.45, 2.75) is 6.10 Å². The van der Waals surface area contributed by atoms with Crippen molar-refractivity contribution >= 4 is 0 Å². The maximum atomic E-state index is 13.6. The smallest absolute Gasteiger partial charge is 0.165 e. The van der Waals surface area contributed by atoms with Gasteiger partial charge in [-0.25, -0.2) is 4.39 Å². The Bertz CT molecular complexity index is 552. The molecule has 1 atom stereocenters. The molecule has 0 fully saturated rings. The quantitative estimate of drug-likeness (QED) is 0.920. The lowest BCUT2D eigenvalue weighted by Crippen LogP contribution is -2.01. The fourth-order valence-corrected chi connectivity index (χ4v) is 1.83. The molecule has 3 nitrogen and oxygen atoms in total. The molecular weight excluding hydrogens is 247 g/mol. The van der Waals surface area contributed by atoms with Crippen molar-refractivity contribution in [2.24, 2.45) is 0 Å². The molecule has 0 bridgehead atoms. The molecule has 1 unspecified atom stereocenters. The van der Waals surface area contributed by atoms with E-state index in [-0.39, 0.29) is 5.75 Å². The van der Waals surface area contributed by atoms with Crippen LogP contribution in [0.5, 0.6) is 11.5 Å². The second-order valence-electron chi connectivity index (χ2n) is 4.07. The van der Waals surface area contributed by atoms with Crippen LogP contribution < -0.4 is 9.47 Å². The maximum absolute atomic E-state index is 13.6. The predicted molar refractivity (Wildman–Crippen MR) is 70.0 cm³/mol. The zero-order chi connectivity index (χ0) is 13.8. The van der Waals surface area contributed by atoms with E-state index in [1.807, 2.05) is 0 Å². The van der Waals surface area contributed by atoms with Crippen LogP contribution >= 0.6 is 0 Å². The van der Waals surface area contributed by atoms with Gasteiger partial charge in [0.25, 0.3) is 0 Å². The highest BCUT2D eigenvalue weighted by Crippen LogP contribution is 2.27.